The SMILES string of the molecule is C=CC[C@H]1C[C@H](N)C[C@@H](CC(=O)OCC)O1. The highest BCUT2D eigenvalue weighted by atomic mass is 16.5. The van der Waals surface area contributed by atoms with Crippen LogP contribution in [0.2, 0.25) is 0 Å². The van der Waals surface area contributed by atoms with E-state index in [1.807, 2.05) is 6.08 Å². The molecular weight excluding hydrogens is 206 g/mol. The molecule has 1 saturated heterocycles. The molecule has 0 bridgehead atoms. The summed E-state index contributed by atoms with van der Waals surface area (Å²) >= 11 is 0. The van der Waals surface area contributed by atoms with Crippen molar-refractivity contribution in [3.8, 4) is 0 Å². The van der Waals surface area contributed by atoms with Crippen LogP contribution in [0.1, 0.15) is 32.6 Å². The molecule has 2 N–H and O–H groups in total. The van der Waals surface area contributed by atoms with Crippen molar-refractivity contribution in [2.45, 2.75) is 50.9 Å². The van der Waals surface area contributed by atoms with Gasteiger partial charge in [-0.25, -0.2) is 0 Å². The first-order valence-corrected chi connectivity index (χ1v) is 5.83. The van der Waals surface area contributed by atoms with E-state index in [2.05, 4.69) is 6.58 Å². The Bertz CT molecular complexity index is 242. The molecule has 1 fully saturated rings. The normalized spacial score (nSPS) is 29.8. The molecular formula is C12H21NO3. The van der Waals surface area contributed by atoms with Gasteiger partial charge in [-0.1, -0.05) is 6.08 Å². The molecule has 92 valence electrons. The van der Waals surface area contributed by atoms with Crippen LogP contribution in [0.3, 0.4) is 0 Å². The molecule has 16 heavy (non-hydrogen) atoms. The molecule has 0 unspecified atom stereocenters. The fourth-order valence-electron chi connectivity index (χ4n) is 2.03. The minimum atomic E-state index is -0.209. The summed E-state index contributed by atoms with van der Waals surface area (Å²) < 4.78 is 10.7. The van der Waals surface area contributed by atoms with Crippen LogP contribution in [-0.4, -0.2) is 30.8 Å². The van der Waals surface area contributed by atoms with Crippen molar-refractivity contribution in [2.75, 3.05) is 6.61 Å². The summed E-state index contributed by atoms with van der Waals surface area (Å²) in [5, 5.41) is 0. The van der Waals surface area contributed by atoms with E-state index in [1.165, 1.54) is 0 Å². The van der Waals surface area contributed by atoms with E-state index in [0.717, 1.165) is 19.3 Å². The average molecular weight is 227 g/mol. The van der Waals surface area contributed by atoms with Crippen LogP contribution in [0.4, 0.5) is 0 Å². The Kier molecular flexibility index (Phi) is 5.49. The van der Waals surface area contributed by atoms with Crippen molar-refractivity contribution < 1.29 is 14.3 Å². The third kappa shape index (κ3) is 4.33. The van der Waals surface area contributed by atoms with Crippen molar-refractivity contribution in [3.05, 3.63) is 12.7 Å². The highest BCUT2D eigenvalue weighted by Crippen LogP contribution is 2.23. The molecule has 0 aromatic rings. The van der Waals surface area contributed by atoms with Crippen LogP contribution in [0.15, 0.2) is 12.7 Å². The fraction of sp³-hybridized carbons (Fsp3) is 0.750. The average Bonchev–Trinajstić information content (AvgIpc) is 2.17. The molecule has 0 radical (unpaired) electrons. The van der Waals surface area contributed by atoms with Gasteiger partial charge in [0.05, 0.1) is 25.2 Å². The monoisotopic (exact) mass is 227 g/mol. The van der Waals surface area contributed by atoms with E-state index in [-0.39, 0.29) is 24.2 Å². The Morgan fingerprint density at radius 2 is 2.25 bits per heavy atom. The topological polar surface area (TPSA) is 61.6 Å². The number of ether oxygens (including phenoxy) is 2. The maximum atomic E-state index is 11.3. The number of carbonyl (C=O) groups is 1. The highest BCUT2D eigenvalue weighted by molar-refractivity contribution is 5.69. The molecule has 1 aliphatic heterocycles. The van der Waals surface area contributed by atoms with E-state index in [1.54, 1.807) is 6.92 Å². The van der Waals surface area contributed by atoms with Gasteiger partial charge in [0.1, 0.15) is 0 Å². The smallest absolute Gasteiger partial charge is 0.308 e. The van der Waals surface area contributed by atoms with Crippen molar-refractivity contribution in [1.29, 1.82) is 0 Å². The molecule has 4 heteroatoms. The molecule has 0 aromatic heterocycles. The van der Waals surface area contributed by atoms with Gasteiger partial charge in [0, 0.05) is 6.04 Å². The predicted molar refractivity (Wildman–Crippen MR) is 61.9 cm³/mol. The second-order valence-electron chi connectivity index (χ2n) is 4.15. The van der Waals surface area contributed by atoms with Crippen LogP contribution < -0.4 is 5.73 Å². The zero-order valence-electron chi connectivity index (χ0n) is 9.85. The molecule has 3 atom stereocenters. The second kappa shape index (κ2) is 6.66. The third-order valence-corrected chi connectivity index (χ3v) is 2.65. The van der Waals surface area contributed by atoms with Gasteiger partial charge >= 0.3 is 5.97 Å². The van der Waals surface area contributed by atoms with Crippen molar-refractivity contribution in [1.82, 2.24) is 0 Å². The molecule has 1 heterocycles. The van der Waals surface area contributed by atoms with Crippen LogP contribution in [-0.2, 0) is 14.3 Å². The lowest BCUT2D eigenvalue weighted by atomic mass is 9.96. The lowest BCUT2D eigenvalue weighted by Crippen LogP contribution is -2.41. The van der Waals surface area contributed by atoms with Gasteiger partial charge in [-0.05, 0) is 26.2 Å². The highest BCUT2D eigenvalue weighted by Gasteiger charge is 2.28. The molecule has 0 spiro atoms. The maximum Gasteiger partial charge on any atom is 0.308 e. The predicted octanol–water partition coefficient (Wildman–Crippen LogP) is 1.39. The summed E-state index contributed by atoms with van der Waals surface area (Å²) in [7, 11) is 0. The first kappa shape index (κ1) is 13.2. The number of hydrogen-bond acceptors (Lipinski definition) is 4. The van der Waals surface area contributed by atoms with Crippen LogP contribution in [0.5, 0.6) is 0 Å². The number of rotatable bonds is 5. The summed E-state index contributed by atoms with van der Waals surface area (Å²) in [5.74, 6) is -0.209. The van der Waals surface area contributed by atoms with E-state index < -0.39 is 0 Å². The number of hydrogen-bond donors (Lipinski definition) is 1. The Hall–Kier alpha value is -0.870. The quantitative estimate of drug-likeness (QED) is 0.569. The summed E-state index contributed by atoms with van der Waals surface area (Å²) in [4.78, 5) is 11.3. The van der Waals surface area contributed by atoms with Crippen LogP contribution in [0, 0.1) is 0 Å². The summed E-state index contributed by atoms with van der Waals surface area (Å²) in [6.45, 7) is 5.89. The Balaban J connectivity index is 2.40. The summed E-state index contributed by atoms with van der Waals surface area (Å²) in [5.41, 5.74) is 5.93. The van der Waals surface area contributed by atoms with Crippen molar-refractivity contribution in [3.63, 3.8) is 0 Å². The van der Waals surface area contributed by atoms with Gasteiger partial charge in [-0.15, -0.1) is 6.58 Å². The first-order chi connectivity index (χ1) is 7.65. The van der Waals surface area contributed by atoms with E-state index >= 15 is 0 Å². The third-order valence-electron chi connectivity index (χ3n) is 2.65. The minimum absolute atomic E-state index is 0.0978. The first-order valence-electron chi connectivity index (χ1n) is 5.83. The van der Waals surface area contributed by atoms with E-state index in [4.69, 9.17) is 15.2 Å². The zero-order valence-corrected chi connectivity index (χ0v) is 9.85. The van der Waals surface area contributed by atoms with Gasteiger partial charge in [-0.3, -0.25) is 4.79 Å². The van der Waals surface area contributed by atoms with E-state index in [0.29, 0.717) is 13.0 Å². The molecule has 1 aliphatic rings. The number of carbonyl (C=O) groups excluding carboxylic acids is 1. The Morgan fingerprint density at radius 3 is 2.88 bits per heavy atom. The van der Waals surface area contributed by atoms with E-state index in [9.17, 15) is 4.79 Å². The van der Waals surface area contributed by atoms with Crippen molar-refractivity contribution in [2.24, 2.45) is 5.73 Å². The Morgan fingerprint density at radius 1 is 1.56 bits per heavy atom. The summed E-state index contributed by atoms with van der Waals surface area (Å²) in [6.07, 6.45) is 4.47. The molecule has 0 aliphatic carbocycles. The second-order valence-corrected chi connectivity index (χ2v) is 4.15. The standard InChI is InChI=1S/C12H21NO3/c1-3-5-10-6-9(13)7-11(16-10)8-12(14)15-4-2/h3,9-11H,1,4-8,13H2,2H3/t9-,10-,11-/m0/s1. The molecule has 1 rings (SSSR count). The fourth-order valence-corrected chi connectivity index (χ4v) is 2.03. The molecule has 4 nitrogen and oxygen atoms in total. The lowest BCUT2D eigenvalue weighted by Gasteiger charge is -2.33. The van der Waals surface area contributed by atoms with Crippen LogP contribution in [0.25, 0.3) is 0 Å². The van der Waals surface area contributed by atoms with Gasteiger partial charge in [0.2, 0.25) is 0 Å². The van der Waals surface area contributed by atoms with Gasteiger partial charge < -0.3 is 15.2 Å². The van der Waals surface area contributed by atoms with Gasteiger partial charge in [0.15, 0.2) is 0 Å². The summed E-state index contributed by atoms with van der Waals surface area (Å²) in [6, 6.07) is 0.109. The largest absolute Gasteiger partial charge is 0.466 e. The molecule has 0 amide bonds. The lowest BCUT2D eigenvalue weighted by molar-refractivity contribution is -0.149. The number of nitrogens with two attached hydrogens (primary N) is 1. The Labute approximate surface area is 96.8 Å². The van der Waals surface area contributed by atoms with Crippen LogP contribution >= 0.6 is 0 Å². The van der Waals surface area contributed by atoms with Gasteiger partial charge in [-0.2, -0.15) is 0 Å². The van der Waals surface area contributed by atoms with Gasteiger partial charge in [0.25, 0.3) is 0 Å². The molecule has 0 saturated carbocycles. The van der Waals surface area contributed by atoms with Crippen molar-refractivity contribution >= 4 is 5.97 Å². The number of esters is 1. The maximum absolute atomic E-state index is 11.3. The molecule has 0 aromatic carbocycles. The minimum Gasteiger partial charge on any atom is -0.466 e. The zero-order chi connectivity index (χ0) is 12.0.